The van der Waals surface area contributed by atoms with E-state index in [9.17, 15) is 4.79 Å². The zero-order valence-electron chi connectivity index (χ0n) is 15.8. The largest absolute Gasteiger partial charge is 0.378 e. The van der Waals surface area contributed by atoms with Gasteiger partial charge in [-0.3, -0.25) is 4.79 Å². The van der Waals surface area contributed by atoms with E-state index < -0.39 is 0 Å². The molecule has 0 spiro atoms. The zero-order chi connectivity index (χ0) is 19.2. The summed E-state index contributed by atoms with van der Waals surface area (Å²) in [5.74, 6) is 0. The van der Waals surface area contributed by atoms with Crippen molar-refractivity contribution in [3.05, 3.63) is 101 Å². The van der Waals surface area contributed by atoms with E-state index in [2.05, 4.69) is 35.2 Å². The van der Waals surface area contributed by atoms with Gasteiger partial charge in [0.15, 0.2) is 6.29 Å². The second-order valence-corrected chi connectivity index (χ2v) is 6.79. The number of nitrogens with zero attached hydrogens (tertiary/aromatic N) is 1. The average Bonchev–Trinajstić information content (AvgIpc) is 2.79. The third kappa shape index (κ3) is 3.90. The fraction of sp³-hybridized carbons (Fsp3) is 0.160. The number of rotatable bonds is 5. The molecule has 0 atom stereocenters. The summed E-state index contributed by atoms with van der Waals surface area (Å²) >= 11 is 0. The van der Waals surface area contributed by atoms with Crippen LogP contribution in [0.2, 0.25) is 0 Å². The van der Waals surface area contributed by atoms with Crippen molar-refractivity contribution in [2.45, 2.75) is 0 Å². The normalized spacial score (nSPS) is 14.7. The Hall–Kier alpha value is -3.17. The summed E-state index contributed by atoms with van der Waals surface area (Å²) < 4.78 is 5.48. The molecular formula is C25H23NO2. The predicted octanol–water partition coefficient (Wildman–Crippen LogP) is 4.92. The van der Waals surface area contributed by atoms with Gasteiger partial charge in [-0.25, -0.2) is 0 Å². The number of ether oxygens (including phenoxy) is 1. The van der Waals surface area contributed by atoms with Crippen LogP contribution in [0.25, 0.3) is 11.6 Å². The Morgan fingerprint density at radius 1 is 0.821 bits per heavy atom. The van der Waals surface area contributed by atoms with Crippen LogP contribution in [0.15, 0.2) is 78.9 Å². The number of morpholine rings is 1. The van der Waals surface area contributed by atoms with Gasteiger partial charge in [0.1, 0.15) is 0 Å². The van der Waals surface area contributed by atoms with Crippen molar-refractivity contribution in [1.82, 2.24) is 0 Å². The molecule has 0 bridgehead atoms. The van der Waals surface area contributed by atoms with Crippen molar-refractivity contribution in [2.24, 2.45) is 0 Å². The summed E-state index contributed by atoms with van der Waals surface area (Å²) in [4.78, 5) is 14.4. The molecule has 4 rings (SSSR count). The summed E-state index contributed by atoms with van der Waals surface area (Å²) in [5, 5.41) is 0. The second kappa shape index (κ2) is 8.68. The molecular weight excluding hydrogens is 346 g/mol. The molecule has 1 aliphatic rings. The maximum atomic E-state index is 12.2. The fourth-order valence-electron chi connectivity index (χ4n) is 3.64. The fourth-order valence-corrected chi connectivity index (χ4v) is 3.64. The Balaban J connectivity index is 1.87. The van der Waals surface area contributed by atoms with E-state index in [1.54, 1.807) is 0 Å². The highest BCUT2D eigenvalue weighted by atomic mass is 16.5. The summed E-state index contributed by atoms with van der Waals surface area (Å²) in [6.07, 6.45) is 3.14. The molecule has 3 nitrogen and oxygen atoms in total. The monoisotopic (exact) mass is 369 g/mol. The van der Waals surface area contributed by atoms with E-state index in [0.717, 1.165) is 52.9 Å². The Bertz CT molecular complexity index is 958. The lowest BCUT2D eigenvalue weighted by Crippen LogP contribution is -2.36. The molecule has 140 valence electrons. The van der Waals surface area contributed by atoms with Crippen LogP contribution in [0, 0.1) is 0 Å². The molecule has 0 amide bonds. The topological polar surface area (TPSA) is 29.5 Å². The lowest BCUT2D eigenvalue weighted by molar-refractivity contribution is 0.111. The maximum absolute atomic E-state index is 12.2. The Kier molecular flexibility index (Phi) is 5.64. The number of hydrogen-bond acceptors (Lipinski definition) is 3. The number of aldehydes is 1. The first kappa shape index (κ1) is 18.2. The minimum Gasteiger partial charge on any atom is -0.378 e. The molecule has 0 saturated carbocycles. The SMILES string of the molecule is O=Cc1c(/C(=C/c2ccccc2)c2ccccc2)cccc1N1CCOCC1. The molecule has 3 aromatic rings. The number of hydrogen-bond donors (Lipinski definition) is 0. The van der Waals surface area contributed by atoms with Gasteiger partial charge in [0.2, 0.25) is 0 Å². The van der Waals surface area contributed by atoms with Crippen LogP contribution in [0.3, 0.4) is 0 Å². The molecule has 0 unspecified atom stereocenters. The van der Waals surface area contributed by atoms with Gasteiger partial charge < -0.3 is 9.64 Å². The van der Waals surface area contributed by atoms with E-state index in [0.29, 0.717) is 13.2 Å². The number of carbonyl (C=O) groups excluding carboxylic acids is 1. The van der Waals surface area contributed by atoms with Gasteiger partial charge in [-0.1, -0.05) is 72.8 Å². The Morgan fingerprint density at radius 2 is 1.50 bits per heavy atom. The highest BCUT2D eigenvalue weighted by molar-refractivity contribution is 6.00. The molecule has 0 radical (unpaired) electrons. The Labute approximate surface area is 165 Å². The first-order valence-corrected chi connectivity index (χ1v) is 9.60. The van der Waals surface area contributed by atoms with E-state index in [-0.39, 0.29) is 0 Å². The smallest absolute Gasteiger partial charge is 0.152 e. The van der Waals surface area contributed by atoms with Crippen LogP contribution in [0.1, 0.15) is 27.0 Å². The maximum Gasteiger partial charge on any atom is 0.152 e. The van der Waals surface area contributed by atoms with Crippen molar-refractivity contribution in [2.75, 3.05) is 31.2 Å². The molecule has 1 heterocycles. The average molecular weight is 369 g/mol. The van der Waals surface area contributed by atoms with Crippen molar-refractivity contribution in [3.63, 3.8) is 0 Å². The van der Waals surface area contributed by atoms with Gasteiger partial charge in [0.05, 0.1) is 13.2 Å². The number of carbonyl (C=O) groups is 1. The summed E-state index contributed by atoms with van der Waals surface area (Å²) in [5.41, 5.74) is 5.91. The number of benzene rings is 3. The summed E-state index contributed by atoms with van der Waals surface area (Å²) in [6.45, 7) is 2.97. The van der Waals surface area contributed by atoms with Crippen molar-refractivity contribution < 1.29 is 9.53 Å². The molecule has 3 heteroatoms. The lowest BCUT2D eigenvalue weighted by Gasteiger charge is -2.30. The van der Waals surface area contributed by atoms with Crippen LogP contribution >= 0.6 is 0 Å². The van der Waals surface area contributed by atoms with Gasteiger partial charge >= 0.3 is 0 Å². The van der Waals surface area contributed by atoms with Crippen molar-refractivity contribution in [3.8, 4) is 0 Å². The third-order valence-corrected chi connectivity index (χ3v) is 5.04. The minimum absolute atomic E-state index is 0.688. The van der Waals surface area contributed by atoms with Gasteiger partial charge in [0, 0.05) is 24.3 Å². The lowest BCUT2D eigenvalue weighted by atomic mass is 9.91. The van der Waals surface area contributed by atoms with E-state index in [1.165, 1.54) is 0 Å². The molecule has 1 aliphatic heterocycles. The van der Waals surface area contributed by atoms with Crippen molar-refractivity contribution in [1.29, 1.82) is 0 Å². The highest BCUT2D eigenvalue weighted by Crippen LogP contribution is 2.33. The van der Waals surface area contributed by atoms with Gasteiger partial charge in [-0.2, -0.15) is 0 Å². The molecule has 1 fully saturated rings. The molecule has 1 saturated heterocycles. The van der Waals surface area contributed by atoms with E-state index in [4.69, 9.17) is 4.74 Å². The van der Waals surface area contributed by atoms with Crippen LogP contribution in [0.4, 0.5) is 5.69 Å². The summed E-state index contributed by atoms with van der Waals surface area (Å²) in [7, 11) is 0. The molecule has 3 aromatic carbocycles. The molecule has 0 N–H and O–H groups in total. The molecule has 0 aromatic heterocycles. The second-order valence-electron chi connectivity index (χ2n) is 6.79. The molecule has 28 heavy (non-hydrogen) atoms. The quantitative estimate of drug-likeness (QED) is 0.472. The van der Waals surface area contributed by atoms with Crippen LogP contribution < -0.4 is 4.90 Å². The van der Waals surface area contributed by atoms with Crippen molar-refractivity contribution >= 4 is 23.6 Å². The standard InChI is InChI=1S/C25H23NO2/c27-19-24-22(12-7-13-25(24)26-14-16-28-17-15-26)23(21-10-5-2-6-11-21)18-20-8-3-1-4-9-20/h1-13,18-19H,14-17H2/b23-18+. The van der Waals surface area contributed by atoms with Gasteiger partial charge in [-0.05, 0) is 34.4 Å². The molecule has 0 aliphatic carbocycles. The predicted molar refractivity (Wildman–Crippen MR) is 115 cm³/mol. The number of anilines is 1. The van der Waals surface area contributed by atoms with Gasteiger partial charge in [0.25, 0.3) is 0 Å². The summed E-state index contributed by atoms with van der Waals surface area (Å²) in [6, 6.07) is 26.6. The minimum atomic E-state index is 0.688. The van der Waals surface area contributed by atoms with Crippen LogP contribution in [-0.2, 0) is 4.74 Å². The zero-order valence-corrected chi connectivity index (χ0v) is 15.8. The first-order valence-electron chi connectivity index (χ1n) is 9.60. The van der Waals surface area contributed by atoms with Crippen LogP contribution in [0.5, 0.6) is 0 Å². The van der Waals surface area contributed by atoms with E-state index in [1.807, 2.05) is 54.6 Å². The van der Waals surface area contributed by atoms with E-state index >= 15 is 0 Å². The highest BCUT2D eigenvalue weighted by Gasteiger charge is 2.19. The van der Waals surface area contributed by atoms with Crippen LogP contribution in [-0.4, -0.2) is 32.6 Å². The third-order valence-electron chi connectivity index (χ3n) is 5.04. The van der Waals surface area contributed by atoms with Gasteiger partial charge in [-0.15, -0.1) is 0 Å². The first-order chi connectivity index (χ1) is 13.9. The Morgan fingerprint density at radius 3 is 2.18 bits per heavy atom.